The van der Waals surface area contributed by atoms with Crippen LogP contribution in [0.3, 0.4) is 0 Å². The lowest BCUT2D eigenvalue weighted by molar-refractivity contribution is -0.142. The van der Waals surface area contributed by atoms with Crippen LogP contribution in [0.1, 0.15) is 24.1 Å². The van der Waals surface area contributed by atoms with E-state index in [-0.39, 0.29) is 6.42 Å². The van der Waals surface area contributed by atoms with Crippen LogP contribution in [0, 0.1) is 11.7 Å². The third-order valence-electron chi connectivity index (χ3n) is 3.96. The van der Waals surface area contributed by atoms with Gasteiger partial charge in [0, 0.05) is 5.56 Å². The van der Waals surface area contributed by atoms with E-state index in [0.29, 0.717) is 16.9 Å². The summed E-state index contributed by atoms with van der Waals surface area (Å²) in [7, 11) is 1.44. The first-order valence-corrected chi connectivity index (χ1v) is 7.82. The van der Waals surface area contributed by atoms with Gasteiger partial charge in [0.15, 0.2) is 0 Å². The third-order valence-corrected chi connectivity index (χ3v) is 3.96. The SMILES string of the molecule is COc1ccc(F)cc1CC(=O)NC(c1ccccc1)C(C)C(=O)O. The van der Waals surface area contributed by atoms with E-state index < -0.39 is 29.7 Å². The summed E-state index contributed by atoms with van der Waals surface area (Å²) in [6.07, 6.45) is -0.114. The number of hydrogen-bond acceptors (Lipinski definition) is 3. The normalized spacial score (nSPS) is 12.9. The summed E-state index contributed by atoms with van der Waals surface area (Å²) in [4.78, 5) is 23.8. The smallest absolute Gasteiger partial charge is 0.308 e. The molecule has 2 aromatic rings. The number of carboxylic acid groups (broad SMARTS) is 1. The first-order valence-electron chi connectivity index (χ1n) is 7.82. The van der Waals surface area contributed by atoms with E-state index in [1.54, 1.807) is 24.3 Å². The molecular weight excluding hydrogens is 325 g/mol. The summed E-state index contributed by atoms with van der Waals surface area (Å²) in [5.41, 5.74) is 1.09. The largest absolute Gasteiger partial charge is 0.496 e. The number of benzene rings is 2. The Bertz CT molecular complexity index is 748. The number of aliphatic carboxylic acids is 1. The second-order valence-electron chi connectivity index (χ2n) is 5.72. The van der Waals surface area contributed by atoms with Crippen molar-refractivity contribution in [3.05, 3.63) is 65.5 Å². The highest BCUT2D eigenvalue weighted by molar-refractivity contribution is 5.81. The Morgan fingerprint density at radius 3 is 2.48 bits per heavy atom. The molecule has 5 nitrogen and oxygen atoms in total. The highest BCUT2D eigenvalue weighted by atomic mass is 19.1. The summed E-state index contributed by atoms with van der Waals surface area (Å²) in [5, 5.41) is 12.0. The molecule has 0 fully saturated rings. The number of nitrogens with one attached hydrogen (secondary N) is 1. The topological polar surface area (TPSA) is 75.6 Å². The minimum Gasteiger partial charge on any atom is -0.496 e. The number of ether oxygens (including phenoxy) is 1. The van der Waals surface area contributed by atoms with Crippen LogP contribution in [-0.4, -0.2) is 24.1 Å². The molecule has 1 amide bonds. The van der Waals surface area contributed by atoms with Gasteiger partial charge in [0.1, 0.15) is 11.6 Å². The molecule has 25 heavy (non-hydrogen) atoms. The van der Waals surface area contributed by atoms with Gasteiger partial charge < -0.3 is 15.2 Å². The lowest BCUT2D eigenvalue weighted by Crippen LogP contribution is -2.36. The molecule has 2 N–H and O–H groups in total. The van der Waals surface area contributed by atoms with Crippen LogP contribution in [-0.2, 0) is 16.0 Å². The molecule has 0 saturated heterocycles. The highest BCUT2D eigenvalue weighted by Crippen LogP contribution is 2.24. The van der Waals surface area contributed by atoms with Crippen LogP contribution in [0.2, 0.25) is 0 Å². The number of amides is 1. The van der Waals surface area contributed by atoms with Gasteiger partial charge >= 0.3 is 5.97 Å². The van der Waals surface area contributed by atoms with Gasteiger partial charge in [-0.2, -0.15) is 0 Å². The van der Waals surface area contributed by atoms with Gasteiger partial charge in [-0.15, -0.1) is 0 Å². The van der Waals surface area contributed by atoms with Gasteiger partial charge in [-0.25, -0.2) is 4.39 Å². The minimum atomic E-state index is -1.02. The molecule has 2 atom stereocenters. The van der Waals surface area contributed by atoms with Gasteiger partial charge in [-0.05, 0) is 30.7 Å². The summed E-state index contributed by atoms with van der Waals surface area (Å²) >= 11 is 0. The fourth-order valence-corrected chi connectivity index (χ4v) is 2.58. The first-order chi connectivity index (χ1) is 11.9. The average Bonchev–Trinajstić information content (AvgIpc) is 2.60. The monoisotopic (exact) mass is 345 g/mol. The molecule has 2 aromatic carbocycles. The molecule has 0 aliphatic heterocycles. The second kappa shape index (κ2) is 8.28. The Labute approximate surface area is 145 Å². The van der Waals surface area contributed by atoms with Crippen LogP contribution in [0.15, 0.2) is 48.5 Å². The first kappa shape index (κ1) is 18.4. The van der Waals surface area contributed by atoms with Gasteiger partial charge in [-0.1, -0.05) is 30.3 Å². The Hall–Kier alpha value is -2.89. The molecule has 0 saturated carbocycles. The maximum atomic E-state index is 13.4. The van der Waals surface area contributed by atoms with Crippen molar-refractivity contribution in [1.82, 2.24) is 5.32 Å². The number of hydrogen-bond donors (Lipinski definition) is 2. The maximum absolute atomic E-state index is 13.4. The average molecular weight is 345 g/mol. The molecular formula is C19H20FNO4. The second-order valence-corrected chi connectivity index (χ2v) is 5.72. The molecule has 0 bridgehead atoms. The molecule has 2 rings (SSSR count). The van der Waals surface area contributed by atoms with Crippen LogP contribution < -0.4 is 10.1 Å². The van der Waals surface area contributed by atoms with Gasteiger partial charge in [0.25, 0.3) is 0 Å². The van der Waals surface area contributed by atoms with Gasteiger partial charge in [0.2, 0.25) is 5.91 Å². The van der Waals surface area contributed by atoms with Crippen molar-refractivity contribution < 1.29 is 23.8 Å². The number of carbonyl (C=O) groups excluding carboxylic acids is 1. The van der Waals surface area contributed by atoms with E-state index in [0.717, 1.165) is 0 Å². The number of rotatable bonds is 7. The van der Waals surface area contributed by atoms with Crippen molar-refractivity contribution in [1.29, 1.82) is 0 Å². The quantitative estimate of drug-likeness (QED) is 0.809. The van der Waals surface area contributed by atoms with Crippen molar-refractivity contribution in [2.75, 3.05) is 7.11 Å². The van der Waals surface area contributed by atoms with E-state index >= 15 is 0 Å². The molecule has 0 aromatic heterocycles. The zero-order chi connectivity index (χ0) is 18.4. The Kier molecular flexibility index (Phi) is 6.11. The lowest BCUT2D eigenvalue weighted by Gasteiger charge is -2.23. The van der Waals surface area contributed by atoms with E-state index in [4.69, 9.17) is 4.74 Å². The number of carboxylic acids is 1. The Balaban J connectivity index is 2.20. The predicted octanol–water partition coefficient (Wildman–Crippen LogP) is 2.96. The van der Waals surface area contributed by atoms with Crippen LogP contribution >= 0.6 is 0 Å². The van der Waals surface area contributed by atoms with Crippen LogP contribution in [0.25, 0.3) is 0 Å². The maximum Gasteiger partial charge on any atom is 0.308 e. The van der Waals surface area contributed by atoms with E-state index in [2.05, 4.69) is 5.32 Å². The van der Waals surface area contributed by atoms with E-state index in [1.807, 2.05) is 6.07 Å². The summed E-state index contributed by atoms with van der Waals surface area (Å²) in [6, 6.07) is 12.1. The molecule has 0 aliphatic rings. The van der Waals surface area contributed by atoms with Crippen molar-refractivity contribution in [2.45, 2.75) is 19.4 Å². The van der Waals surface area contributed by atoms with Crippen molar-refractivity contribution in [3.63, 3.8) is 0 Å². The molecule has 0 aliphatic carbocycles. The summed E-state index contributed by atoms with van der Waals surface area (Å²) < 4.78 is 18.6. The van der Waals surface area contributed by atoms with Crippen molar-refractivity contribution >= 4 is 11.9 Å². The van der Waals surface area contributed by atoms with Gasteiger partial charge in [0.05, 0.1) is 25.5 Å². The van der Waals surface area contributed by atoms with E-state index in [1.165, 1.54) is 32.2 Å². The standard InChI is InChI=1S/C19H20FNO4/c1-12(19(23)24)18(13-6-4-3-5-7-13)21-17(22)11-14-10-15(20)8-9-16(14)25-2/h3-10,12,18H,11H2,1-2H3,(H,21,22)(H,23,24). The van der Waals surface area contributed by atoms with Crippen molar-refractivity contribution in [3.8, 4) is 5.75 Å². The number of carbonyl (C=O) groups is 2. The molecule has 0 spiro atoms. The summed E-state index contributed by atoms with van der Waals surface area (Å²) in [6.45, 7) is 1.53. The van der Waals surface area contributed by atoms with Crippen LogP contribution in [0.5, 0.6) is 5.75 Å². The third kappa shape index (κ3) is 4.79. The lowest BCUT2D eigenvalue weighted by atomic mass is 9.94. The minimum absolute atomic E-state index is 0.114. The molecule has 132 valence electrons. The predicted molar refractivity (Wildman–Crippen MR) is 90.8 cm³/mol. The van der Waals surface area contributed by atoms with E-state index in [9.17, 15) is 19.1 Å². The fraction of sp³-hybridized carbons (Fsp3) is 0.263. The molecule has 0 heterocycles. The van der Waals surface area contributed by atoms with Crippen molar-refractivity contribution in [2.24, 2.45) is 5.92 Å². The Morgan fingerprint density at radius 2 is 1.88 bits per heavy atom. The summed E-state index contributed by atoms with van der Waals surface area (Å²) in [5.74, 6) is -2.31. The van der Waals surface area contributed by atoms with Gasteiger partial charge in [-0.3, -0.25) is 9.59 Å². The van der Waals surface area contributed by atoms with Crippen LogP contribution in [0.4, 0.5) is 4.39 Å². The molecule has 6 heteroatoms. The Morgan fingerprint density at radius 1 is 1.20 bits per heavy atom. The zero-order valence-electron chi connectivity index (χ0n) is 14.0. The number of methoxy groups -OCH3 is 1. The fourth-order valence-electron chi connectivity index (χ4n) is 2.58. The highest BCUT2D eigenvalue weighted by Gasteiger charge is 2.27. The number of halogens is 1. The molecule has 0 radical (unpaired) electrons. The molecule has 2 unspecified atom stereocenters. The zero-order valence-corrected chi connectivity index (χ0v) is 14.0.